The van der Waals surface area contributed by atoms with Gasteiger partial charge in [0.05, 0.1) is 25.0 Å². The second kappa shape index (κ2) is 8.28. The standard InChI is InChI=1S/C16H28O4/c1-11(2)9-19-15(17)13-7-5-6-8-14(13)16(18)20-10-12(3)4/h11-14H,5-10H2,1-4H3/t13-,14-/m0/s1. The van der Waals surface area contributed by atoms with Crippen molar-refractivity contribution in [2.24, 2.45) is 23.7 Å². The zero-order chi connectivity index (χ0) is 15.1. The number of ether oxygens (including phenoxy) is 2. The van der Waals surface area contributed by atoms with Crippen molar-refractivity contribution in [1.29, 1.82) is 0 Å². The summed E-state index contributed by atoms with van der Waals surface area (Å²) in [6.07, 6.45) is 3.43. The molecule has 116 valence electrons. The lowest BCUT2D eigenvalue weighted by Crippen LogP contribution is -2.35. The van der Waals surface area contributed by atoms with Gasteiger partial charge in [-0.05, 0) is 24.7 Å². The fourth-order valence-corrected chi connectivity index (χ4v) is 2.41. The Hall–Kier alpha value is -1.06. The van der Waals surface area contributed by atoms with E-state index in [0.717, 1.165) is 25.7 Å². The maximum atomic E-state index is 12.1. The Kier molecular flexibility index (Phi) is 7.03. The van der Waals surface area contributed by atoms with Crippen LogP contribution in [-0.4, -0.2) is 25.2 Å². The summed E-state index contributed by atoms with van der Waals surface area (Å²) in [5.74, 6) is -0.470. The van der Waals surface area contributed by atoms with E-state index in [1.54, 1.807) is 0 Å². The molecule has 0 bridgehead atoms. The number of esters is 2. The molecule has 20 heavy (non-hydrogen) atoms. The van der Waals surface area contributed by atoms with Crippen molar-refractivity contribution in [3.8, 4) is 0 Å². The van der Waals surface area contributed by atoms with E-state index in [9.17, 15) is 9.59 Å². The third-order valence-corrected chi connectivity index (χ3v) is 3.49. The largest absolute Gasteiger partial charge is 0.465 e. The Morgan fingerprint density at radius 2 is 1.20 bits per heavy atom. The van der Waals surface area contributed by atoms with E-state index in [4.69, 9.17) is 9.47 Å². The summed E-state index contributed by atoms with van der Waals surface area (Å²) >= 11 is 0. The van der Waals surface area contributed by atoms with Crippen LogP contribution in [-0.2, 0) is 19.1 Å². The summed E-state index contributed by atoms with van der Waals surface area (Å²) in [7, 11) is 0. The lowest BCUT2D eigenvalue weighted by atomic mass is 9.79. The summed E-state index contributed by atoms with van der Waals surface area (Å²) < 4.78 is 10.6. The second-order valence-electron chi connectivity index (χ2n) is 6.55. The van der Waals surface area contributed by atoms with Crippen molar-refractivity contribution >= 4 is 11.9 Å². The molecule has 0 heterocycles. The van der Waals surface area contributed by atoms with Gasteiger partial charge in [-0.15, -0.1) is 0 Å². The van der Waals surface area contributed by atoms with Crippen molar-refractivity contribution < 1.29 is 19.1 Å². The van der Waals surface area contributed by atoms with Gasteiger partial charge in [0.1, 0.15) is 0 Å². The highest BCUT2D eigenvalue weighted by Crippen LogP contribution is 2.32. The molecule has 0 N–H and O–H groups in total. The first kappa shape index (κ1) is 17.0. The highest BCUT2D eigenvalue weighted by molar-refractivity contribution is 5.82. The van der Waals surface area contributed by atoms with Crippen molar-refractivity contribution in [3.63, 3.8) is 0 Å². The van der Waals surface area contributed by atoms with Gasteiger partial charge in [-0.2, -0.15) is 0 Å². The molecule has 4 heteroatoms. The van der Waals surface area contributed by atoms with Gasteiger partial charge in [-0.25, -0.2) is 0 Å². The molecule has 4 nitrogen and oxygen atoms in total. The topological polar surface area (TPSA) is 52.6 Å². The van der Waals surface area contributed by atoms with Crippen molar-refractivity contribution in [1.82, 2.24) is 0 Å². The number of carbonyl (C=O) groups excluding carboxylic acids is 2. The molecule has 1 aliphatic rings. The van der Waals surface area contributed by atoms with Crippen LogP contribution in [0.25, 0.3) is 0 Å². The van der Waals surface area contributed by atoms with Gasteiger partial charge in [-0.3, -0.25) is 9.59 Å². The Balaban J connectivity index is 2.56. The third-order valence-electron chi connectivity index (χ3n) is 3.49. The molecule has 2 atom stereocenters. The molecule has 0 aromatic rings. The van der Waals surface area contributed by atoms with Gasteiger partial charge in [-0.1, -0.05) is 40.5 Å². The van der Waals surface area contributed by atoms with E-state index in [1.165, 1.54) is 0 Å². The summed E-state index contributed by atoms with van der Waals surface area (Å²) in [5, 5.41) is 0. The molecule has 1 rings (SSSR count). The highest BCUT2D eigenvalue weighted by Gasteiger charge is 2.37. The van der Waals surface area contributed by atoms with Gasteiger partial charge < -0.3 is 9.47 Å². The van der Waals surface area contributed by atoms with Gasteiger partial charge in [0.15, 0.2) is 0 Å². The van der Waals surface area contributed by atoms with Crippen LogP contribution < -0.4 is 0 Å². The number of hydrogen-bond donors (Lipinski definition) is 0. The maximum Gasteiger partial charge on any atom is 0.309 e. The second-order valence-corrected chi connectivity index (χ2v) is 6.55. The van der Waals surface area contributed by atoms with E-state index in [-0.39, 0.29) is 23.8 Å². The molecule has 0 unspecified atom stereocenters. The molecule has 0 radical (unpaired) electrons. The van der Waals surface area contributed by atoms with Crippen LogP contribution in [0, 0.1) is 23.7 Å². The lowest BCUT2D eigenvalue weighted by molar-refractivity contribution is -0.164. The predicted octanol–water partition coefficient (Wildman–Crippen LogP) is 3.19. The minimum Gasteiger partial charge on any atom is -0.465 e. The minimum absolute atomic E-state index is 0.232. The quantitative estimate of drug-likeness (QED) is 0.703. The molecular formula is C16H28O4. The first-order chi connectivity index (χ1) is 9.41. The number of hydrogen-bond acceptors (Lipinski definition) is 4. The van der Waals surface area contributed by atoms with Gasteiger partial charge in [0, 0.05) is 0 Å². The molecule has 0 aromatic heterocycles. The molecule has 1 fully saturated rings. The Bertz CT molecular complexity index is 290. The van der Waals surface area contributed by atoms with E-state index >= 15 is 0 Å². The first-order valence-corrected chi connectivity index (χ1v) is 7.75. The van der Waals surface area contributed by atoms with Crippen LogP contribution in [0.15, 0.2) is 0 Å². The van der Waals surface area contributed by atoms with E-state index in [0.29, 0.717) is 25.0 Å². The van der Waals surface area contributed by atoms with E-state index in [1.807, 2.05) is 27.7 Å². The molecule has 1 aliphatic carbocycles. The number of carbonyl (C=O) groups is 2. The normalized spacial score (nSPS) is 22.9. The Morgan fingerprint density at radius 3 is 1.50 bits per heavy atom. The fourth-order valence-electron chi connectivity index (χ4n) is 2.41. The van der Waals surface area contributed by atoms with Crippen LogP contribution in [0.3, 0.4) is 0 Å². The fraction of sp³-hybridized carbons (Fsp3) is 0.875. The van der Waals surface area contributed by atoms with Gasteiger partial charge >= 0.3 is 11.9 Å². The van der Waals surface area contributed by atoms with Crippen LogP contribution >= 0.6 is 0 Å². The Labute approximate surface area is 122 Å². The van der Waals surface area contributed by atoms with Crippen LogP contribution in [0.1, 0.15) is 53.4 Å². The van der Waals surface area contributed by atoms with Gasteiger partial charge in [0.2, 0.25) is 0 Å². The van der Waals surface area contributed by atoms with Crippen LogP contribution in [0.2, 0.25) is 0 Å². The Morgan fingerprint density at radius 1 is 0.850 bits per heavy atom. The smallest absolute Gasteiger partial charge is 0.309 e. The van der Waals surface area contributed by atoms with Crippen molar-refractivity contribution in [2.45, 2.75) is 53.4 Å². The molecule has 1 saturated carbocycles. The predicted molar refractivity (Wildman–Crippen MR) is 77.0 cm³/mol. The third kappa shape index (κ3) is 5.51. The summed E-state index contributed by atoms with van der Waals surface area (Å²) in [5.41, 5.74) is 0. The summed E-state index contributed by atoms with van der Waals surface area (Å²) in [6.45, 7) is 8.85. The average molecular weight is 284 g/mol. The van der Waals surface area contributed by atoms with Crippen LogP contribution in [0.4, 0.5) is 0 Å². The molecule has 0 amide bonds. The van der Waals surface area contributed by atoms with Gasteiger partial charge in [0.25, 0.3) is 0 Å². The summed E-state index contributed by atoms with van der Waals surface area (Å²) in [6, 6.07) is 0. The molecule has 0 saturated heterocycles. The first-order valence-electron chi connectivity index (χ1n) is 7.75. The highest BCUT2D eigenvalue weighted by atomic mass is 16.5. The summed E-state index contributed by atoms with van der Waals surface area (Å²) in [4.78, 5) is 24.3. The molecule has 0 aromatic carbocycles. The minimum atomic E-state index is -0.317. The molecular weight excluding hydrogens is 256 g/mol. The molecule has 0 spiro atoms. The zero-order valence-electron chi connectivity index (χ0n) is 13.2. The van der Waals surface area contributed by atoms with Crippen molar-refractivity contribution in [3.05, 3.63) is 0 Å². The molecule has 0 aliphatic heterocycles. The lowest BCUT2D eigenvalue weighted by Gasteiger charge is -2.28. The van der Waals surface area contributed by atoms with E-state index < -0.39 is 0 Å². The number of rotatable bonds is 6. The maximum absolute atomic E-state index is 12.1. The zero-order valence-corrected chi connectivity index (χ0v) is 13.2. The average Bonchev–Trinajstić information content (AvgIpc) is 2.42. The van der Waals surface area contributed by atoms with Crippen LogP contribution in [0.5, 0.6) is 0 Å². The van der Waals surface area contributed by atoms with E-state index in [2.05, 4.69) is 0 Å². The van der Waals surface area contributed by atoms with Crippen molar-refractivity contribution in [2.75, 3.05) is 13.2 Å². The SMILES string of the molecule is CC(C)COC(=O)[C@H]1CCCC[C@@H]1C(=O)OCC(C)C. The monoisotopic (exact) mass is 284 g/mol.